The van der Waals surface area contributed by atoms with Gasteiger partial charge in [-0.1, -0.05) is 50.3 Å². The fourth-order valence-electron chi connectivity index (χ4n) is 3.38. The molecule has 126 valence electrons. The maximum absolute atomic E-state index is 11.9. The smallest absolute Gasteiger partial charge is 0.335 e. The van der Waals surface area contributed by atoms with Crippen LogP contribution in [0.3, 0.4) is 0 Å². The van der Waals surface area contributed by atoms with Crippen molar-refractivity contribution in [3.05, 3.63) is 35.4 Å². The third-order valence-electron chi connectivity index (χ3n) is 4.71. The number of aryl methyl sites for hydroxylation is 1. The number of aromatic carboxylic acids is 1. The van der Waals surface area contributed by atoms with Gasteiger partial charge in [-0.3, -0.25) is 4.79 Å². The van der Waals surface area contributed by atoms with Gasteiger partial charge in [-0.25, -0.2) is 4.79 Å². The number of hydrogen-bond acceptors (Lipinski definition) is 2. The molecule has 1 fully saturated rings. The lowest BCUT2D eigenvalue weighted by molar-refractivity contribution is -0.121. The van der Waals surface area contributed by atoms with Gasteiger partial charge in [0.1, 0.15) is 0 Å². The van der Waals surface area contributed by atoms with E-state index in [1.54, 1.807) is 18.2 Å². The van der Waals surface area contributed by atoms with Crippen LogP contribution in [0.25, 0.3) is 0 Å². The molecule has 1 amide bonds. The second-order valence-electron chi connectivity index (χ2n) is 6.46. The Morgan fingerprint density at radius 2 is 1.87 bits per heavy atom. The number of carbonyl (C=O) groups excluding carboxylic acids is 1. The van der Waals surface area contributed by atoms with E-state index >= 15 is 0 Å². The molecule has 23 heavy (non-hydrogen) atoms. The summed E-state index contributed by atoms with van der Waals surface area (Å²) < 4.78 is 0. The molecule has 0 aliphatic heterocycles. The first-order valence-electron chi connectivity index (χ1n) is 8.74. The van der Waals surface area contributed by atoms with E-state index in [0.29, 0.717) is 12.8 Å². The van der Waals surface area contributed by atoms with Crippen LogP contribution in [0.2, 0.25) is 0 Å². The fourth-order valence-corrected chi connectivity index (χ4v) is 3.38. The Hall–Kier alpha value is -1.84. The Morgan fingerprint density at radius 3 is 2.61 bits per heavy atom. The lowest BCUT2D eigenvalue weighted by atomic mass is 9.86. The first kappa shape index (κ1) is 17.5. The number of benzene rings is 1. The van der Waals surface area contributed by atoms with Gasteiger partial charge in [0.05, 0.1) is 5.56 Å². The molecule has 1 aromatic carbocycles. The van der Waals surface area contributed by atoms with Crippen LogP contribution in [-0.4, -0.2) is 23.5 Å². The Labute approximate surface area is 138 Å². The van der Waals surface area contributed by atoms with Crippen molar-refractivity contribution in [1.82, 2.24) is 5.32 Å². The highest BCUT2D eigenvalue weighted by Gasteiger charge is 2.13. The Balaban J connectivity index is 1.64. The molecule has 1 aliphatic rings. The highest BCUT2D eigenvalue weighted by atomic mass is 16.4. The van der Waals surface area contributed by atoms with Gasteiger partial charge in [-0.15, -0.1) is 0 Å². The summed E-state index contributed by atoms with van der Waals surface area (Å²) in [7, 11) is 0. The van der Waals surface area contributed by atoms with Crippen molar-refractivity contribution < 1.29 is 14.7 Å². The molecule has 4 nitrogen and oxygen atoms in total. The van der Waals surface area contributed by atoms with Crippen LogP contribution in [0.1, 0.15) is 67.3 Å². The summed E-state index contributed by atoms with van der Waals surface area (Å²) >= 11 is 0. The molecular formula is C19H27NO3. The molecule has 0 aromatic heterocycles. The maximum atomic E-state index is 11.9. The molecule has 0 saturated heterocycles. The lowest BCUT2D eigenvalue weighted by Gasteiger charge is -2.21. The number of carbonyl (C=O) groups is 2. The molecule has 2 rings (SSSR count). The third kappa shape index (κ3) is 6.05. The summed E-state index contributed by atoms with van der Waals surface area (Å²) in [6.07, 6.45) is 9.86. The zero-order valence-corrected chi connectivity index (χ0v) is 13.7. The summed E-state index contributed by atoms with van der Waals surface area (Å²) in [5.74, 6) is -0.0783. The molecule has 1 saturated carbocycles. The average Bonchev–Trinajstić information content (AvgIpc) is 2.58. The standard InChI is InChI=1S/C19H27NO3/c21-18(20-14-6-9-15-7-2-1-3-8-15)13-12-16-10-4-5-11-17(16)19(22)23/h4-5,10-11,15H,1-3,6-9,12-14H2,(H,20,21)(H,22,23). The molecule has 1 aromatic rings. The number of nitrogens with one attached hydrogen (secondary N) is 1. The van der Waals surface area contributed by atoms with Crippen molar-refractivity contribution in [3.8, 4) is 0 Å². The summed E-state index contributed by atoms with van der Waals surface area (Å²) in [5.41, 5.74) is 1.01. The Bertz CT molecular complexity index is 521. The van der Waals surface area contributed by atoms with Crippen molar-refractivity contribution in [2.45, 2.75) is 57.8 Å². The summed E-state index contributed by atoms with van der Waals surface area (Å²) in [6.45, 7) is 0.732. The van der Waals surface area contributed by atoms with Crippen molar-refractivity contribution >= 4 is 11.9 Å². The number of amides is 1. The van der Waals surface area contributed by atoms with E-state index in [-0.39, 0.29) is 11.5 Å². The monoisotopic (exact) mass is 317 g/mol. The van der Waals surface area contributed by atoms with E-state index in [9.17, 15) is 9.59 Å². The van der Waals surface area contributed by atoms with Crippen LogP contribution in [0.5, 0.6) is 0 Å². The van der Waals surface area contributed by atoms with E-state index in [0.717, 1.165) is 24.4 Å². The van der Waals surface area contributed by atoms with Gasteiger partial charge in [0.25, 0.3) is 0 Å². The predicted molar refractivity (Wildman–Crippen MR) is 90.5 cm³/mol. The third-order valence-corrected chi connectivity index (χ3v) is 4.71. The van der Waals surface area contributed by atoms with Gasteiger partial charge in [0, 0.05) is 13.0 Å². The highest BCUT2D eigenvalue weighted by molar-refractivity contribution is 5.89. The predicted octanol–water partition coefficient (Wildman–Crippen LogP) is 3.79. The number of rotatable bonds is 8. The van der Waals surface area contributed by atoms with E-state index in [1.807, 2.05) is 6.07 Å². The molecule has 2 N–H and O–H groups in total. The van der Waals surface area contributed by atoms with Crippen LogP contribution in [-0.2, 0) is 11.2 Å². The van der Waals surface area contributed by atoms with Crippen LogP contribution < -0.4 is 5.32 Å². The molecule has 0 spiro atoms. The molecule has 0 bridgehead atoms. The molecule has 0 unspecified atom stereocenters. The molecule has 0 atom stereocenters. The van der Waals surface area contributed by atoms with Crippen LogP contribution in [0.15, 0.2) is 24.3 Å². The second kappa shape index (κ2) is 9.33. The van der Waals surface area contributed by atoms with Gasteiger partial charge in [-0.2, -0.15) is 0 Å². The number of carboxylic acids is 1. The first-order chi connectivity index (χ1) is 11.2. The minimum Gasteiger partial charge on any atom is -0.478 e. The molecular weight excluding hydrogens is 290 g/mol. The summed E-state index contributed by atoms with van der Waals surface area (Å²) in [5, 5.41) is 12.1. The van der Waals surface area contributed by atoms with Crippen LogP contribution in [0, 0.1) is 5.92 Å². The molecule has 1 aliphatic carbocycles. The lowest BCUT2D eigenvalue weighted by Crippen LogP contribution is -2.25. The van der Waals surface area contributed by atoms with Crippen molar-refractivity contribution in [2.75, 3.05) is 6.54 Å². The average molecular weight is 317 g/mol. The van der Waals surface area contributed by atoms with E-state index in [4.69, 9.17) is 5.11 Å². The van der Waals surface area contributed by atoms with E-state index < -0.39 is 5.97 Å². The minimum atomic E-state index is -0.937. The Morgan fingerprint density at radius 1 is 1.13 bits per heavy atom. The number of hydrogen-bond donors (Lipinski definition) is 2. The van der Waals surface area contributed by atoms with Gasteiger partial charge in [-0.05, 0) is 36.8 Å². The second-order valence-corrected chi connectivity index (χ2v) is 6.46. The van der Waals surface area contributed by atoms with Gasteiger partial charge < -0.3 is 10.4 Å². The van der Waals surface area contributed by atoms with E-state index in [2.05, 4.69) is 5.32 Å². The minimum absolute atomic E-state index is 0.00818. The largest absolute Gasteiger partial charge is 0.478 e. The van der Waals surface area contributed by atoms with Crippen LogP contribution >= 0.6 is 0 Å². The number of carboxylic acid groups (broad SMARTS) is 1. The van der Waals surface area contributed by atoms with E-state index in [1.165, 1.54) is 38.5 Å². The van der Waals surface area contributed by atoms with Gasteiger partial charge in [0.2, 0.25) is 5.91 Å². The molecule has 0 heterocycles. The topological polar surface area (TPSA) is 66.4 Å². The first-order valence-corrected chi connectivity index (χ1v) is 8.74. The van der Waals surface area contributed by atoms with Crippen molar-refractivity contribution in [1.29, 1.82) is 0 Å². The molecule has 4 heteroatoms. The normalized spacial score (nSPS) is 15.3. The zero-order chi connectivity index (χ0) is 16.5. The van der Waals surface area contributed by atoms with Gasteiger partial charge in [0.15, 0.2) is 0 Å². The maximum Gasteiger partial charge on any atom is 0.335 e. The van der Waals surface area contributed by atoms with Crippen LogP contribution in [0.4, 0.5) is 0 Å². The summed E-state index contributed by atoms with van der Waals surface area (Å²) in [4.78, 5) is 23.0. The van der Waals surface area contributed by atoms with Crippen molar-refractivity contribution in [3.63, 3.8) is 0 Å². The Kier molecular flexibility index (Phi) is 7.11. The fraction of sp³-hybridized carbons (Fsp3) is 0.579. The zero-order valence-electron chi connectivity index (χ0n) is 13.7. The summed E-state index contributed by atoms with van der Waals surface area (Å²) in [6, 6.07) is 6.88. The SMILES string of the molecule is O=C(CCc1ccccc1C(=O)O)NCCCC1CCCCC1. The van der Waals surface area contributed by atoms with Gasteiger partial charge >= 0.3 is 5.97 Å². The highest BCUT2D eigenvalue weighted by Crippen LogP contribution is 2.26. The van der Waals surface area contributed by atoms with Crippen molar-refractivity contribution in [2.24, 2.45) is 5.92 Å². The molecule has 0 radical (unpaired) electrons. The quantitative estimate of drug-likeness (QED) is 0.717.